The first kappa shape index (κ1) is 22.2. The Labute approximate surface area is 199 Å². The van der Waals surface area contributed by atoms with Gasteiger partial charge >= 0.3 is 0 Å². The zero-order valence-electron chi connectivity index (χ0n) is 19.9. The van der Waals surface area contributed by atoms with Crippen molar-refractivity contribution in [2.75, 3.05) is 33.0 Å². The van der Waals surface area contributed by atoms with Crippen molar-refractivity contribution in [2.24, 2.45) is 5.92 Å². The molecule has 0 spiro atoms. The molecule has 3 aromatic rings. The summed E-state index contributed by atoms with van der Waals surface area (Å²) < 4.78 is 0.973. The third-order valence-electron chi connectivity index (χ3n) is 6.97. The molecule has 0 radical (unpaired) electrons. The van der Waals surface area contributed by atoms with Gasteiger partial charge in [-0.1, -0.05) is 25.8 Å². The van der Waals surface area contributed by atoms with E-state index in [0.29, 0.717) is 11.9 Å². The van der Waals surface area contributed by atoms with Crippen molar-refractivity contribution in [1.82, 2.24) is 24.8 Å². The molecule has 1 aliphatic heterocycles. The Balaban J connectivity index is 1.50. The van der Waals surface area contributed by atoms with Crippen LogP contribution in [0.3, 0.4) is 0 Å². The van der Waals surface area contributed by atoms with Crippen LogP contribution in [-0.2, 0) is 13.0 Å². The van der Waals surface area contributed by atoms with Crippen LogP contribution in [-0.4, -0.2) is 58.3 Å². The summed E-state index contributed by atoms with van der Waals surface area (Å²) in [6, 6.07) is 4.15. The fourth-order valence-electron chi connectivity index (χ4n) is 5.00. The standard InChI is InChI=1S/C25H32N6OS/c1-15-5-7-16(8-6-15)21-22-19(33-23(21)24(32)30(2)3)13-26-25(29-22)28-20-10-9-17-14-31(4)12-11-18(17)27-20/h9-10,13,15-16H,5-8,11-12,14H2,1-4H3,(H,26,27,28,29)/t15-,16-. The van der Waals surface area contributed by atoms with Crippen LogP contribution >= 0.6 is 11.3 Å². The number of nitrogens with one attached hydrogen (secondary N) is 1. The number of aromatic nitrogens is 3. The molecule has 33 heavy (non-hydrogen) atoms. The molecule has 5 rings (SSSR count). The van der Waals surface area contributed by atoms with E-state index in [1.165, 1.54) is 29.7 Å². The van der Waals surface area contributed by atoms with Crippen molar-refractivity contribution in [3.8, 4) is 0 Å². The van der Waals surface area contributed by atoms with Crippen LogP contribution in [0.2, 0.25) is 0 Å². The number of anilines is 2. The molecule has 0 bridgehead atoms. The molecule has 1 N–H and O–H groups in total. The molecule has 1 fully saturated rings. The van der Waals surface area contributed by atoms with E-state index in [0.717, 1.165) is 70.4 Å². The maximum atomic E-state index is 13.0. The largest absolute Gasteiger partial charge is 0.344 e. The first-order chi connectivity index (χ1) is 15.9. The predicted molar refractivity (Wildman–Crippen MR) is 133 cm³/mol. The van der Waals surface area contributed by atoms with Gasteiger partial charge in [0.15, 0.2) is 0 Å². The summed E-state index contributed by atoms with van der Waals surface area (Å²) in [5.41, 5.74) is 4.46. The Morgan fingerprint density at radius 2 is 1.97 bits per heavy atom. The molecule has 0 atom stereocenters. The third kappa shape index (κ3) is 4.46. The number of likely N-dealkylation sites (N-methyl/N-ethyl adjacent to an activating group) is 1. The molecule has 0 saturated heterocycles. The highest BCUT2D eigenvalue weighted by Gasteiger charge is 2.30. The zero-order chi connectivity index (χ0) is 23.1. The van der Waals surface area contributed by atoms with Gasteiger partial charge in [0.1, 0.15) is 5.82 Å². The van der Waals surface area contributed by atoms with Crippen LogP contribution in [0.1, 0.15) is 65.0 Å². The summed E-state index contributed by atoms with van der Waals surface area (Å²) in [6.07, 6.45) is 7.41. The Bertz CT molecular complexity index is 1180. The van der Waals surface area contributed by atoms with Crippen LogP contribution in [0.5, 0.6) is 0 Å². The Hall–Kier alpha value is -2.58. The van der Waals surface area contributed by atoms with Crippen molar-refractivity contribution in [3.05, 3.63) is 40.0 Å². The van der Waals surface area contributed by atoms with E-state index in [9.17, 15) is 4.79 Å². The lowest BCUT2D eigenvalue weighted by Crippen LogP contribution is -2.27. The van der Waals surface area contributed by atoms with Gasteiger partial charge in [0.05, 0.1) is 21.3 Å². The van der Waals surface area contributed by atoms with Crippen LogP contribution in [0, 0.1) is 5.92 Å². The van der Waals surface area contributed by atoms with Gasteiger partial charge in [-0.2, -0.15) is 0 Å². The molecule has 0 unspecified atom stereocenters. The minimum Gasteiger partial charge on any atom is -0.344 e. The molecule has 1 saturated carbocycles. The molecular formula is C25H32N6OS. The zero-order valence-corrected chi connectivity index (χ0v) is 20.7. The van der Waals surface area contributed by atoms with E-state index in [1.54, 1.807) is 4.90 Å². The summed E-state index contributed by atoms with van der Waals surface area (Å²) in [4.78, 5) is 32.1. The smallest absolute Gasteiger partial charge is 0.263 e. The maximum Gasteiger partial charge on any atom is 0.263 e. The normalized spacial score (nSPS) is 21.1. The monoisotopic (exact) mass is 464 g/mol. The number of rotatable bonds is 4. The van der Waals surface area contributed by atoms with Gasteiger partial charge in [-0.05, 0) is 43.4 Å². The van der Waals surface area contributed by atoms with Crippen molar-refractivity contribution in [3.63, 3.8) is 0 Å². The van der Waals surface area contributed by atoms with E-state index in [2.05, 4.69) is 35.2 Å². The molecule has 0 aromatic carbocycles. The number of fused-ring (bicyclic) bond motifs is 2. The molecular weight excluding hydrogens is 432 g/mol. The quantitative estimate of drug-likeness (QED) is 0.597. The van der Waals surface area contributed by atoms with E-state index in [4.69, 9.17) is 9.97 Å². The summed E-state index contributed by atoms with van der Waals surface area (Å²) in [7, 11) is 5.77. The number of hydrogen-bond acceptors (Lipinski definition) is 7. The molecule has 7 nitrogen and oxygen atoms in total. The minimum atomic E-state index is 0.0578. The van der Waals surface area contributed by atoms with Gasteiger partial charge in [0.25, 0.3) is 5.91 Å². The number of amides is 1. The number of hydrogen-bond donors (Lipinski definition) is 1. The highest BCUT2D eigenvalue weighted by atomic mass is 32.1. The van der Waals surface area contributed by atoms with Crippen LogP contribution in [0.4, 0.5) is 11.8 Å². The third-order valence-corrected chi connectivity index (χ3v) is 8.09. The number of carbonyl (C=O) groups excluding carboxylic acids is 1. The van der Waals surface area contributed by atoms with E-state index >= 15 is 0 Å². The summed E-state index contributed by atoms with van der Waals surface area (Å²) in [5.74, 6) is 2.49. The topological polar surface area (TPSA) is 74.2 Å². The second-order valence-electron chi connectivity index (χ2n) is 9.82. The summed E-state index contributed by atoms with van der Waals surface area (Å²) >= 11 is 1.52. The SMILES string of the molecule is CN1CCc2nc(Nc3ncc4sc(C(=O)N(C)C)c([C@H]5CC[C@H](C)CC5)c4n3)ccc2C1. The molecule has 1 aliphatic carbocycles. The van der Waals surface area contributed by atoms with Crippen LogP contribution < -0.4 is 5.32 Å². The van der Waals surface area contributed by atoms with Crippen molar-refractivity contribution >= 4 is 39.2 Å². The number of nitrogens with zero attached hydrogens (tertiary/aromatic N) is 5. The molecule has 8 heteroatoms. The fraction of sp³-hybridized carbons (Fsp3) is 0.520. The molecule has 1 amide bonds. The fourth-order valence-corrected chi connectivity index (χ4v) is 6.22. The van der Waals surface area contributed by atoms with Gasteiger partial charge in [0, 0.05) is 44.9 Å². The second kappa shape index (κ2) is 8.99. The Morgan fingerprint density at radius 1 is 1.18 bits per heavy atom. The summed E-state index contributed by atoms with van der Waals surface area (Å²) in [5, 5.41) is 3.32. The van der Waals surface area contributed by atoms with E-state index in [1.807, 2.05) is 26.4 Å². The summed E-state index contributed by atoms with van der Waals surface area (Å²) in [6.45, 7) is 4.28. The Morgan fingerprint density at radius 3 is 2.73 bits per heavy atom. The maximum absolute atomic E-state index is 13.0. The number of carbonyl (C=O) groups is 1. The second-order valence-corrected chi connectivity index (χ2v) is 10.9. The first-order valence-electron chi connectivity index (χ1n) is 11.8. The van der Waals surface area contributed by atoms with E-state index in [-0.39, 0.29) is 5.91 Å². The first-order valence-corrected chi connectivity index (χ1v) is 12.7. The predicted octanol–water partition coefficient (Wildman–Crippen LogP) is 4.81. The molecule has 174 valence electrons. The van der Waals surface area contributed by atoms with Gasteiger partial charge in [-0.3, -0.25) is 4.79 Å². The van der Waals surface area contributed by atoms with Crippen molar-refractivity contribution in [1.29, 1.82) is 0 Å². The number of thiophene rings is 1. The van der Waals surface area contributed by atoms with Gasteiger partial charge in [-0.15, -0.1) is 11.3 Å². The van der Waals surface area contributed by atoms with Gasteiger partial charge < -0.3 is 15.1 Å². The van der Waals surface area contributed by atoms with Crippen molar-refractivity contribution < 1.29 is 4.79 Å². The lowest BCUT2D eigenvalue weighted by molar-refractivity contribution is 0.0830. The van der Waals surface area contributed by atoms with Gasteiger partial charge in [0.2, 0.25) is 5.95 Å². The minimum absolute atomic E-state index is 0.0578. The van der Waals surface area contributed by atoms with Crippen molar-refractivity contribution in [2.45, 2.75) is 51.5 Å². The number of pyridine rings is 1. The van der Waals surface area contributed by atoms with Gasteiger partial charge in [-0.25, -0.2) is 15.0 Å². The lowest BCUT2D eigenvalue weighted by atomic mass is 9.79. The van der Waals surface area contributed by atoms with Crippen LogP contribution in [0.25, 0.3) is 10.2 Å². The average molecular weight is 465 g/mol. The molecule has 4 heterocycles. The molecule has 3 aromatic heterocycles. The Kier molecular flexibility index (Phi) is 6.05. The average Bonchev–Trinajstić information content (AvgIpc) is 3.18. The highest BCUT2D eigenvalue weighted by molar-refractivity contribution is 7.21. The molecule has 2 aliphatic rings. The van der Waals surface area contributed by atoms with Crippen LogP contribution in [0.15, 0.2) is 18.3 Å². The van der Waals surface area contributed by atoms with E-state index < -0.39 is 0 Å². The lowest BCUT2D eigenvalue weighted by Gasteiger charge is -2.27. The highest BCUT2D eigenvalue weighted by Crippen LogP contribution is 2.43.